The van der Waals surface area contributed by atoms with E-state index in [2.05, 4.69) is 5.10 Å². The number of nitrogens with zero attached hydrogens (tertiary/aromatic N) is 2. The van der Waals surface area contributed by atoms with Crippen LogP contribution >= 0.6 is 0 Å². The molecule has 0 saturated carbocycles. The van der Waals surface area contributed by atoms with E-state index >= 15 is 0 Å². The molecule has 1 aromatic heterocycles. The van der Waals surface area contributed by atoms with E-state index in [4.69, 9.17) is 5.73 Å². The monoisotopic (exact) mass is 269 g/mol. The molecule has 1 atom stereocenters. The predicted molar refractivity (Wildman–Crippen MR) is 64.9 cm³/mol. The predicted octanol–water partition coefficient (Wildman–Crippen LogP) is 2.39. The first kappa shape index (κ1) is 13.6. The standard InChI is InChI=1S/C13H14F3N3/c1-7-5-8(19(2)18-7)6-11(17)9-3-4-10(14)13(16)12(9)15/h3-5,11H,6,17H2,1-2H3. The van der Waals surface area contributed by atoms with Crippen LogP contribution in [-0.2, 0) is 13.5 Å². The number of aromatic nitrogens is 2. The zero-order chi connectivity index (χ0) is 14.2. The molecule has 0 fully saturated rings. The highest BCUT2D eigenvalue weighted by Gasteiger charge is 2.19. The molecule has 19 heavy (non-hydrogen) atoms. The normalized spacial score (nSPS) is 12.7. The van der Waals surface area contributed by atoms with Gasteiger partial charge < -0.3 is 5.73 Å². The second-order valence-corrected chi connectivity index (χ2v) is 4.48. The molecule has 102 valence electrons. The maximum atomic E-state index is 13.6. The molecule has 3 nitrogen and oxygen atoms in total. The Morgan fingerprint density at radius 3 is 2.53 bits per heavy atom. The summed E-state index contributed by atoms with van der Waals surface area (Å²) in [7, 11) is 1.75. The molecule has 0 radical (unpaired) electrons. The molecule has 0 spiro atoms. The Labute approximate surface area is 108 Å². The van der Waals surface area contributed by atoms with E-state index < -0.39 is 23.5 Å². The van der Waals surface area contributed by atoms with Crippen LogP contribution in [0.25, 0.3) is 0 Å². The van der Waals surface area contributed by atoms with Gasteiger partial charge in [0.2, 0.25) is 0 Å². The molecule has 0 aliphatic heterocycles. The third-order valence-corrected chi connectivity index (χ3v) is 2.99. The number of hydrogen-bond donors (Lipinski definition) is 1. The Bertz CT molecular complexity index is 607. The minimum absolute atomic E-state index is 0.0437. The molecule has 1 unspecified atom stereocenters. The Morgan fingerprint density at radius 1 is 1.26 bits per heavy atom. The van der Waals surface area contributed by atoms with Gasteiger partial charge in [0, 0.05) is 30.8 Å². The molecule has 6 heteroatoms. The van der Waals surface area contributed by atoms with Crippen LogP contribution < -0.4 is 5.73 Å². The number of nitrogens with two attached hydrogens (primary N) is 1. The second-order valence-electron chi connectivity index (χ2n) is 4.48. The van der Waals surface area contributed by atoms with Gasteiger partial charge in [0.1, 0.15) is 0 Å². The molecule has 1 aromatic carbocycles. The summed E-state index contributed by atoms with van der Waals surface area (Å²) in [5.41, 5.74) is 7.43. The van der Waals surface area contributed by atoms with E-state index in [9.17, 15) is 13.2 Å². The van der Waals surface area contributed by atoms with Gasteiger partial charge in [-0.15, -0.1) is 0 Å². The van der Waals surface area contributed by atoms with Crippen molar-refractivity contribution >= 4 is 0 Å². The molecule has 0 aliphatic carbocycles. The molecular weight excluding hydrogens is 255 g/mol. The van der Waals surface area contributed by atoms with Crippen molar-refractivity contribution in [2.45, 2.75) is 19.4 Å². The highest BCUT2D eigenvalue weighted by atomic mass is 19.2. The van der Waals surface area contributed by atoms with Crippen LogP contribution in [0.3, 0.4) is 0 Å². The van der Waals surface area contributed by atoms with E-state index in [0.717, 1.165) is 17.5 Å². The van der Waals surface area contributed by atoms with E-state index in [1.165, 1.54) is 6.07 Å². The van der Waals surface area contributed by atoms with Crippen LogP contribution in [0, 0.1) is 24.4 Å². The van der Waals surface area contributed by atoms with Gasteiger partial charge in [-0.3, -0.25) is 4.68 Å². The van der Waals surface area contributed by atoms with Crippen molar-refractivity contribution in [2.75, 3.05) is 0 Å². The summed E-state index contributed by atoms with van der Waals surface area (Å²) < 4.78 is 41.2. The van der Waals surface area contributed by atoms with Crippen LogP contribution in [0.5, 0.6) is 0 Å². The van der Waals surface area contributed by atoms with Crippen molar-refractivity contribution in [3.63, 3.8) is 0 Å². The van der Waals surface area contributed by atoms with Gasteiger partial charge in [-0.25, -0.2) is 13.2 Å². The van der Waals surface area contributed by atoms with E-state index in [1.807, 2.05) is 13.0 Å². The summed E-state index contributed by atoms with van der Waals surface area (Å²) >= 11 is 0. The molecule has 0 bridgehead atoms. The van der Waals surface area contributed by atoms with Gasteiger partial charge in [-0.05, 0) is 19.1 Å². The first-order chi connectivity index (χ1) is 8.90. The SMILES string of the molecule is Cc1cc(CC(N)c2ccc(F)c(F)c2F)n(C)n1. The van der Waals surface area contributed by atoms with E-state index in [0.29, 0.717) is 6.42 Å². The minimum Gasteiger partial charge on any atom is -0.324 e. The van der Waals surface area contributed by atoms with Crippen LogP contribution in [0.1, 0.15) is 23.0 Å². The van der Waals surface area contributed by atoms with Crippen molar-refractivity contribution in [1.29, 1.82) is 0 Å². The maximum absolute atomic E-state index is 13.6. The van der Waals surface area contributed by atoms with Gasteiger partial charge >= 0.3 is 0 Å². The zero-order valence-corrected chi connectivity index (χ0v) is 10.6. The van der Waals surface area contributed by atoms with Crippen molar-refractivity contribution < 1.29 is 13.2 Å². The maximum Gasteiger partial charge on any atom is 0.194 e. The van der Waals surface area contributed by atoms with Gasteiger partial charge in [0.25, 0.3) is 0 Å². The Kier molecular flexibility index (Phi) is 3.61. The lowest BCUT2D eigenvalue weighted by Gasteiger charge is -2.13. The third-order valence-electron chi connectivity index (χ3n) is 2.99. The summed E-state index contributed by atoms with van der Waals surface area (Å²) in [5, 5.41) is 4.15. The number of halogens is 3. The Hall–Kier alpha value is -1.82. The summed E-state index contributed by atoms with van der Waals surface area (Å²) in [6, 6.07) is 3.10. The molecule has 2 N–H and O–H groups in total. The lowest BCUT2D eigenvalue weighted by atomic mass is 10.0. The molecular formula is C13H14F3N3. The van der Waals surface area contributed by atoms with Crippen LogP contribution in [0.2, 0.25) is 0 Å². The average Bonchev–Trinajstić information content (AvgIpc) is 2.65. The fraction of sp³-hybridized carbons (Fsp3) is 0.308. The van der Waals surface area contributed by atoms with Gasteiger partial charge in [-0.2, -0.15) is 5.10 Å². The van der Waals surface area contributed by atoms with Crippen molar-refractivity contribution in [1.82, 2.24) is 9.78 Å². The van der Waals surface area contributed by atoms with Crippen LogP contribution in [0.4, 0.5) is 13.2 Å². The Morgan fingerprint density at radius 2 is 1.95 bits per heavy atom. The quantitative estimate of drug-likeness (QED) is 0.869. The van der Waals surface area contributed by atoms with E-state index in [1.54, 1.807) is 11.7 Å². The van der Waals surface area contributed by atoms with Crippen molar-refractivity contribution in [3.05, 3.63) is 52.6 Å². The summed E-state index contributed by atoms with van der Waals surface area (Å²) in [6.45, 7) is 1.83. The molecule has 2 aromatic rings. The van der Waals surface area contributed by atoms with Gasteiger partial charge in [0.05, 0.1) is 5.69 Å². The van der Waals surface area contributed by atoms with Crippen LogP contribution in [-0.4, -0.2) is 9.78 Å². The highest BCUT2D eigenvalue weighted by molar-refractivity contribution is 5.25. The van der Waals surface area contributed by atoms with E-state index in [-0.39, 0.29) is 5.56 Å². The molecule has 1 heterocycles. The molecule has 0 saturated heterocycles. The smallest absolute Gasteiger partial charge is 0.194 e. The second kappa shape index (κ2) is 5.05. The molecule has 0 aliphatic rings. The number of hydrogen-bond acceptors (Lipinski definition) is 2. The zero-order valence-electron chi connectivity index (χ0n) is 10.6. The summed E-state index contributed by atoms with van der Waals surface area (Å²) in [6.07, 6.45) is 0.291. The van der Waals surface area contributed by atoms with Crippen LogP contribution in [0.15, 0.2) is 18.2 Å². The minimum atomic E-state index is -1.49. The van der Waals surface area contributed by atoms with Gasteiger partial charge in [0.15, 0.2) is 17.5 Å². The largest absolute Gasteiger partial charge is 0.324 e. The topological polar surface area (TPSA) is 43.8 Å². The number of rotatable bonds is 3. The first-order valence-corrected chi connectivity index (χ1v) is 5.78. The summed E-state index contributed by atoms with van der Waals surface area (Å²) in [5.74, 6) is -3.94. The van der Waals surface area contributed by atoms with Gasteiger partial charge in [-0.1, -0.05) is 6.07 Å². The lowest BCUT2D eigenvalue weighted by molar-refractivity contribution is 0.434. The highest BCUT2D eigenvalue weighted by Crippen LogP contribution is 2.22. The summed E-state index contributed by atoms with van der Waals surface area (Å²) in [4.78, 5) is 0. The first-order valence-electron chi connectivity index (χ1n) is 5.78. The Balaban J connectivity index is 2.28. The third kappa shape index (κ3) is 2.63. The fourth-order valence-electron chi connectivity index (χ4n) is 2.02. The molecule has 0 amide bonds. The number of benzene rings is 1. The number of aryl methyl sites for hydroxylation is 2. The molecule has 2 rings (SSSR count). The van der Waals surface area contributed by atoms with Crippen molar-refractivity contribution in [2.24, 2.45) is 12.8 Å². The fourth-order valence-corrected chi connectivity index (χ4v) is 2.02. The van der Waals surface area contributed by atoms with Crippen molar-refractivity contribution in [3.8, 4) is 0 Å². The average molecular weight is 269 g/mol. The lowest BCUT2D eigenvalue weighted by Crippen LogP contribution is -2.17.